The van der Waals surface area contributed by atoms with Gasteiger partial charge in [-0.25, -0.2) is 19.4 Å². The maximum atomic E-state index is 14.6. The van der Waals surface area contributed by atoms with Gasteiger partial charge in [0, 0.05) is 22.7 Å². The molecule has 8 heteroatoms. The summed E-state index contributed by atoms with van der Waals surface area (Å²) in [5.74, 6) is -1.81. The lowest BCUT2D eigenvalue weighted by Gasteiger charge is -2.13. The van der Waals surface area contributed by atoms with Crippen molar-refractivity contribution >= 4 is 34.1 Å². The fourth-order valence-electron chi connectivity index (χ4n) is 3.49. The molecule has 0 aliphatic carbocycles. The monoisotopic (exact) mass is 425 g/mol. The highest BCUT2D eigenvalue weighted by Gasteiger charge is 2.28. The van der Waals surface area contributed by atoms with Gasteiger partial charge in [0.25, 0.3) is 11.8 Å². The number of fused-ring (bicyclic) bond motifs is 2. The maximum Gasteiger partial charge on any atom is 0.291 e. The Balaban J connectivity index is 1.54. The van der Waals surface area contributed by atoms with Crippen LogP contribution in [0.3, 0.4) is 0 Å². The summed E-state index contributed by atoms with van der Waals surface area (Å²) >= 11 is 0. The Morgan fingerprint density at radius 3 is 2.50 bits per heavy atom. The van der Waals surface area contributed by atoms with Crippen molar-refractivity contribution in [2.45, 2.75) is 6.17 Å². The number of halogens is 1. The highest BCUT2D eigenvalue weighted by atomic mass is 19.1. The molecular weight excluding hydrogens is 409 g/mol. The predicted octanol–water partition coefficient (Wildman–Crippen LogP) is 3.31. The fraction of sp³-hybridized carbons (Fsp3) is 0.0417. The largest absolute Gasteiger partial charge is 0.322 e. The third kappa shape index (κ3) is 3.58. The number of aromatic nitrogens is 2. The third-order valence-electron chi connectivity index (χ3n) is 5.04. The van der Waals surface area contributed by atoms with Crippen LogP contribution in [-0.4, -0.2) is 33.7 Å². The average molecular weight is 425 g/mol. The van der Waals surface area contributed by atoms with Crippen molar-refractivity contribution in [1.82, 2.24) is 15.3 Å². The van der Waals surface area contributed by atoms with Gasteiger partial charge in [-0.1, -0.05) is 48.5 Å². The van der Waals surface area contributed by atoms with Crippen LogP contribution in [0.4, 0.5) is 10.1 Å². The quantitative estimate of drug-likeness (QED) is 0.526. The molecule has 0 saturated carbocycles. The van der Waals surface area contributed by atoms with E-state index in [1.807, 2.05) is 12.1 Å². The zero-order valence-corrected chi connectivity index (χ0v) is 16.6. The van der Waals surface area contributed by atoms with E-state index >= 15 is 0 Å². The van der Waals surface area contributed by atoms with Gasteiger partial charge in [0.2, 0.25) is 12.0 Å². The molecule has 4 aromatic rings. The Morgan fingerprint density at radius 1 is 0.938 bits per heavy atom. The molecule has 32 heavy (non-hydrogen) atoms. The number of hydrogen-bond acceptors (Lipinski definition) is 5. The number of amides is 2. The molecule has 1 aliphatic heterocycles. The molecule has 2 N–H and O–H groups in total. The van der Waals surface area contributed by atoms with Crippen LogP contribution in [0.1, 0.15) is 21.7 Å². The molecule has 7 nitrogen and oxygen atoms in total. The summed E-state index contributed by atoms with van der Waals surface area (Å²) in [6.07, 6.45) is 0.230. The van der Waals surface area contributed by atoms with Crippen molar-refractivity contribution in [3.05, 3.63) is 102 Å². The van der Waals surface area contributed by atoms with Crippen LogP contribution in [0.5, 0.6) is 0 Å². The molecule has 0 unspecified atom stereocenters. The number of benzodiazepines with no additional fused rings is 1. The fourth-order valence-corrected chi connectivity index (χ4v) is 3.49. The average Bonchev–Trinajstić information content (AvgIpc) is 2.95. The molecule has 3 aromatic carbocycles. The van der Waals surface area contributed by atoms with Gasteiger partial charge in [-0.2, -0.15) is 0 Å². The summed E-state index contributed by atoms with van der Waals surface area (Å²) < 4.78 is 14.6. The molecular formula is C24H16FN5O2. The van der Waals surface area contributed by atoms with E-state index < -0.39 is 23.8 Å². The maximum absolute atomic E-state index is 14.6. The van der Waals surface area contributed by atoms with E-state index in [0.717, 1.165) is 5.39 Å². The first-order valence-corrected chi connectivity index (χ1v) is 9.86. The zero-order valence-electron chi connectivity index (χ0n) is 16.6. The van der Waals surface area contributed by atoms with Crippen molar-refractivity contribution in [1.29, 1.82) is 0 Å². The van der Waals surface area contributed by atoms with Gasteiger partial charge in [0.05, 0.1) is 16.9 Å². The molecule has 5 rings (SSSR count). The van der Waals surface area contributed by atoms with Crippen LogP contribution in [0.25, 0.3) is 10.9 Å². The topological polar surface area (TPSA) is 96.3 Å². The lowest BCUT2D eigenvalue weighted by molar-refractivity contribution is -0.117. The second-order valence-electron chi connectivity index (χ2n) is 7.12. The zero-order chi connectivity index (χ0) is 22.1. The number of aliphatic imine (C=N–C) groups is 1. The van der Waals surface area contributed by atoms with Gasteiger partial charge in [0.15, 0.2) is 0 Å². The van der Waals surface area contributed by atoms with Gasteiger partial charge >= 0.3 is 0 Å². The van der Waals surface area contributed by atoms with Gasteiger partial charge in [0.1, 0.15) is 5.82 Å². The highest BCUT2D eigenvalue weighted by Crippen LogP contribution is 2.25. The molecule has 0 radical (unpaired) electrons. The number of carbonyl (C=O) groups is 2. The number of hydrogen-bond donors (Lipinski definition) is 2. The Hall–Kier alpha value is -4.46. The minimum absolute atomic E-state index is 0.0964. The van der Waals surface area contributed by atoms with Crippen LogP contribution in [0.2, 0.25) is 0 Å². The van der Waals surface area contributed by atoms with Gasteiger partial charge in [-0.3, -0.25) is 9.59 Å². The summed E-state index contributed by atoms with van der Waals surface area (Å²) in [5.41, 5.74) is 2.09. The van der Waals surface area contributed by atoms with Crippen molar-refractivity contribution < 1.29 is 14.0 Å². The molecule has 0 spiro atoms. The van der Waals surface area contributed by atoms with E-state index in [2.05, 4.69) is 25.6 Å². The molecule has 0 saturated heterocycles. The summed E-state index contributed by atoms with van der Waals surface area (Å²) in [4.78, 5) is 38.5. The molecule has 2 heterocycles. The first-order chi connectivity index (χ1) is 15.6. The van der Waals surface area contributed by atoms with Crippen LogP contribution < -0.4 is 10.6 Å². The molecule has 156 valence electrons. The molecule has 0 bridgehead atoms. The minimum Gasteiger partial charge on any atom is -0.322 e. The van der Waals surface area contributed by atoms with Crippen molar-refractivity contribution in [2.24, 2.45) is 4.99 Å². The smallest absolute Gasteiger partial charge is 0.291 e. The van der Waals surface area contributed by atoms with E-state index in [0.29, 0.717) is 16.8 Å². The SMILES string of the molecule is O=C(N[C@@H]1N=C(c2ccccc2F)c2ccccc2NC1=O)c1ncc2ccccc2n1. The first-order valence-electron chi connectivity index (χ1n) is 9.86. The number of para-hydroxylation sites is 2. The van der Waals surface area contributed by atoms with E-state index in [1.54, 1.807) is 54.6 Å². The lowest BCUT2D eigenvalue weighted by atomic mass is 10.0. The van der Waals surface area contributed by atoms with Crippen LogP contribution >= 0.6 is 0 Å². The van der Waals surface area contributed by atoms with E-state index in [4.69, 9.17) is 0 Å². The highest BCUT2D eigenvalue weighted by molar-refractivity contribution is 6.20. The molecule has 0 fully saturated rings. The number of nitrogens with one attached hydrogen (secondary N) is 2. The summed E-state index contributed by atoms with van der Waals surface area (Å²) in [7, 11) is 0. The number of benzene rings is 3. The van der Waals surface area contributed by atoms with Crippen LogP contribution in [-0.2, 0) is 4.79 Å². The Morgan fingerprint density at radius 2 is 1.66 bits per heavy atom. The van der Waals surface area contributed by atoms with Gasteiger partial charge in [-0.05, 0) is 24.3 Å². The van der Waals surface area contributed by atoms with Crippen molar-refractivity contribution in [2.75, 3.05) is 5.32 Å². The first kappa shape index (κ1) is 19.5. The summed E-state index contributed by atoms with van der Waals surface area (Å²) in [6.45, 7) is 0. The van der Waals surface area contributed by atoms with Crippen molar-refractivity contribution in [3.63, 3.8) is 0 Å². The molecule has 2 amide bonds. The van der Waals surface area contributed by atoms with E-state index in [9.17, 15) is 14.0 Å². The lowest BCUT2D eigenvalue weighted by Crippen LogP contribution is -2.43. The molecule has 1 atom stereocenters. The Labute approximate surface area is 182 Å². The second kappa shape index (κ2) is 7.99. The third-order valence-corrected chi connectivity index (χ3v) is 5.04. The van der Waals surface area contributed by atoms with Gasteiger partial charge in [-0.15, -0.1) is 0 Å². The number of nitrogens with zero attached hydrogens (tertiary/aromatic N) is 3. The Bertz CT molecular complexity index is 1400. The van der Waals surface area contributed by atoms with E-state index in [1.165, 1.54) is 12.3 Å². The molecule has 1 aliphatic rings. The normalized spacial score (nSPS) is 15.3. The van der Waals surface area contributed by atoms with Crippen LogP contribution in [0.15, 0.2) is 84.0 Å². The number of anilines is 1. The van der Waals surface area contributed by atoms with E-state index in [-0.39, 0.29) is 17.1 Å². The Kier molecular flexibility index (Phi) is 4.87. The summed E-state index contributed by atoms with van der Waals surface area (Å²) in [5, 5.41) is 6.09. The number of rotatable bonds is 3. The molecule has 1 aromatic heterocycles. The predicted molar refractivity (Wildman–Crippen MR) is 118 cm³/mol. The standard InChI is InChI=1S/C24H16FN5O2/c25-17-10-4-2-8-15(17)20-16-9-3-6-12-19(16)28-24(32)22(29-20)30-23(31)21-26-13-14-7-1-5-11-18(14)27-21/h1-13,22H,(H,28,32)(H,30,31)/t22-/m0/s1. The van der Waals surface area contributed by atoms with Crippen LogP contribution in [0, 0.1) is 5.82 Å². The van der Waals surface area contributed by atoms with Crippen molar-refractivity contribution in [3.8, 4) is 0 Å². The number of carbonyl (C=O) groups excluding carboxylic acids is 2. The summed E-state index contributed by atoms with van der Waals surface area (Å²) in [6, 6.07) is 20.3. The second-order valence-corrected chi connectivity index (χ2v) is 7.12. The van der Waals surface area contributed by atoms with Gasteiger partial charge < -0.3 is 10.6 Å². The minimum atomic E-state index is -1.31.